The minimum atomic E-state index is -2.02. The van der Waals surface area contributed by atoms with E-state index in [1.807, 2.05) is 0 Å². The predicted molar refractivity (Wildman–Crippen MR) is 57.8 cm³/mol. The maximum absolute atomic E-state index is 10.8. The number of benzene rings is 1. The van der Waals surface area contributed by atoms with E-state index in [0.29, 0.717) is 0 Å². The molecule has 0 saturated carbocycles. The third-order valence-electron chi connectivity index (χ3n) is 2.27. The largest absolute Gasteiger partial charge is 0.489 e. The van der Waals surface area contributed by atoms with E-state index in [9.17, 15) is 19.2 Å². The maximum atomic E-state index is 10.8. The van der Waals surface area contributed by atoms with Crippen molar-refractivity contribution in [2.24, 2.45) is 0 Å². The Labute approximate surface area is 96.0 Å². The Morgan fingerprint density at radius 3 is 1.71 bits per heavy atom. The van der Waals surface area contributed by atoms with Gasteiger partial charge in [-0.2, -0.15) is 0 Å². The fourth-order valence-corrected chi connectivity index (χ4v) is 1.48. The van der Waals surface area contributed by atoms with Gasteiger partial charge in [0.2, 0.25) is 0 Å². The van der Waals surface area contributed by atoms with Crippen LogP contribution in [0.5, 0.6) is 0 Å². The first-order chi connectivity index (χ1) is 8.10. The van der Waals surface area contributed by atoms with Crippen LogP contribution in [0.25, 0.3) is 0 Å². The summed E-state index contributed by atoms with van der Waals surface area (Å²) in [7, 11) is -2.02. The Kier molecular flexibility index (Phi) is 4.03. The second kappa shape index (κ2) is 5.28. The molecule has 0 radical (unpaired) electrons. The van der Waals surface area contributed by atoms with Gasteiger partial charge in [-0.1, -0.05) is 6.07 Å². The zero-order valence-corrected chi connectivity index (χ0v) is 8.49. The molecule has 0 aliphatic rings. The van der Waals surface area contributed by atoms with E-state index in [-0.39, 0.29) is 52.9 Å². The van der Waals surface area contributed by atoms with Gasteiger partial charge in [-0.3, -0.25) is 19.2 Å². The highest BCUT2D eigenvalue weighted by Gasteiger charge is 2.23. The van der Waals surface area contributed by atoms with Gasteiger partial charge >= 0.3 is 7.12 Å². The molecule has 86 valence electrons. The van der Waals surface area contributed by atoms with Crippen LogP contribution in [-0.4, -0.2) is 42.3 Å². The van der Waals surface area contributed by atoms with E-state index < -0.39 is 7.12 Å². The van der Waals surface area contributed by atoms with E-state index in [4.69, 9.17) is 10.0 Å². The molecular formula is C10H7BO6. The molecule has 0 aliphatic carbocycles. The molecule has 17 heavy (non-hydrogen) atoms. The van der Waals surface area contributed by atoms with Crippen molar-refractivity contribution < 1.29 is 29.2 Å². The van der Waals surface area contributed by atoms with Gasteiger partial charge in [0.1, 0.15) is 6.29 Å². The third kappa shape index (κ3) is 2.20. The highest BCUT2D eigenvalue weighted by Crippen LogP contribution is 2.13. The Morgan fingerprint density at radius 1 is 0.824 bits per heavy atom. The standard InChI is InChI=1S/C10H7BO6/c12-2-6-1-10(11(16)17)9(5-15)8(4-14)7(6)3-13/h1-5,16-17H. The van der Waals surface area contributed by atoms with Crippen molar-refractivity contribution in [2.45, 2.75) is 0 Å². The van der Waals surface area contributed by atoms with Crippen LogP contribution in [0.1, 0.15) is 41.4 Å². The molecule has 0 saturated heterocycles. The number of carbonyl (C=O) groups excluding carboxylic acids is 4. The van der Waals surface area contributed by atoms with Gasteiger partial charge in [-0.05, 0) is 5.46 Å². The minimum Gasteiger partial charge on any atom is -0.423 e. The molecule has 0 spiro atoms. The van der Waals surface area contributed by atoms with Crippen LogP contribution in [-0.2, 0) is 0 Å². The molecule has 0 amide bonds. The SMILES string of the molecule is O=Cc1cc(B(O)O)c(C=O)c(C=O)c1C=O. The summed E-state index contributed by atoms with van der Waals surface area (Å²) in [6.45, 7) is 0. The van der Waals surface area contributed by atoms with Crippen molar-refractivity contribution in [3.8, 4) is 0 Å². The fourth-order valence-electron chi connectivity index (χ4n) is 1.48. The smallest absolute Gasteiger partial charge is 0.423 e. The van der Waals surface area contributed by atoms with Crippen LogP contribution in [0.15, 0.2) is 6.07 Å². The van der Waals surface area contributed by atoms with Crippen LogP contribution in [0, 0.1) is 0 Å². The van der Waals surface area contributed by atoms with E-state index >= 15 is 0 Å². The molecule has 0 atom stereocenters. The van der Waals surface area contributed by atoms with Crippen LogP contribution < -0.4 is 5.46 Å². The predicted octanol–water partition coefficient (Wildman–Crippen LogP) is -1.38. The molecule has 0 aliphatic heterocycles. The highest BCUT2D eigenvalue weighted by molar-refractivity contribution is 6.60. The molecule has 0 aromatic heterocycles. The lowest BCUT2D eigenvalue weighted by atomic mass is 9.74. The van der Waals surface area contributed by atoms with Crippen molar-refractivity contribution in [3.63, 3.8) is 0 Å². The summed E-state index contributed by atoms with van der Waals surface area (Å²) in [6, 6.07) is 0.984. The van der Waals surface area contributed by atoms with Crippen LogP contribution >= 0.6 is 0 Å². The van der Waals surface area contributed by atoms with Gasteiger partial charge in [0, 0.05) is 22.3 Å². The lowest BCUT2D eigenvalue weighted by Crippen LogP contribution is -2.35. The first-order valence-corrected chi connectivity index (χ1v) is 4.48. The van der Waals surface area contributed by atoms with Crippen molar-refractivity contribution >= 4 is 37.7 Å². The molecule has 2 N–H and O–H groups in total. The topological polar surface area (TPSA) is 109 Å². The molecule has 0 bridgehead atoms. The van der Waals surface area contributed by atoms with E-state index in [0.717, 1.165) is 6.07 Å². The lowest BCUT2D eigenvalue weighted by Gasteiger charge is -2.10. The van der Waals surface area contributed by atoms with Gasteiger partial charge < -0.3 is 10.0 Å². The summed E-state index contributed by atoms with van der Waals surface area (Å²) in [4.78, 5) is 43.1. The molecule has 0 fully saturated rings. The van der Waals surface area contributed by atoms with E-state index in [1.54, 1.807) is 0 Å². The van der Waals surface area contributed by atoms with Crippen molar-refractivity contribution in [3.05, 3.63) is 28.3 Å². The lowest BCUT2D eigenvalue weighted by molar-refractivity contribution is 0.107. The summed E-state index contributed by atoms with van der Waals surface area (Å²) in [6.07, 6.45) is 0.984. The van der Waals surface area contributed by atoms with Gasteiger partial charge in [-0.15, -0.1) is 0 Å². The fraction of sp³-hybridized carbons (Fsp3) is 0. The Hall–Kier alpha value is -2.12. The van der Waals surface area contributed by atoms with Crippen molar-refractivity contribution in [2.75, 3.05) is 0 Å². The molecule has 0 heterocycles. The van der Waals surface area contributed by atoms with Crippen molar-refractivity contribution in [1.82, 2.24) is 0 Å². The first kappa shape index (κ1) is 13.0. The monoisotopic (exact) mass is 234 g/mol. The summed E-state index contributed by atoms with van der Waals surface area (Å²) in [5.41, 5.74) is -1.38. The molecule has 1 aromatic rings. The zero-order chi connectivity index (χ0) is 13.0. The number of hydrogen-bond acceptors (Lipinski definition) is 6. The molecule has 1 rings (SSSR count). The van der Waals surface area contributed by atoms with E-state index in [2.05, 4.69) is 0 Å². The quantitative estimate of drug-likeness (QED) is 0.479. The van der Waals surface area contributed by atoms with Crippen LogP contribution in [0.4, 0.5) is 0 Å². The second-order valence-corrected chi connectivity index (χ2v) is 3.14. The average Bonchev–Trinajstić information content (AvgIpc) is 2.35. The van der Waals surface area contributed by atoms with Gasteiger partial charge in [-0.25, -0.2) is 0 Å². The molecule has 7 heteroatoms. The normalized spacial score (nSPS) is 9.53. The van der Waals surface area contributed by atoms with E-state index in [1.165, 1.54) is 0 Å². The minimum absolute atomic E-state index is 0.184. The highest BCUT2D eigenvalue weighted by atomic mass is 16.4. The van der Waals surface area contributed by atoms with Crippen LogP contribution in [0.3, 0.4) is 0 Å². The summed E-state index contributed by atoms with van der Waals surface area (Å²) in [5.74, 6) is 0. The van der Waals surface area contributed by atoms with Gasteiger partial charge in [0.15, 0.2) is 18.9 Å². The van der Waals surface area contributed by atoms with Crippen LogP contribution in [0.2, 0.25) is 0 Å². The zero-order valence-electron chi connectivity index (χ0n) is 8.49. The molecular weight excluding hydrogens is 227 g/mol. The number of rotatable bonds is 5. The third-order valence-corrected chi connectivity index (χ3v) is 2.27. The number of carbonyl (C=O) groups is 4. The van der Waals surface area contributed by atoms with Gasteiger partial charge in [0.25, 0.3) is 0 Å². The molecule has 0 unspecified atom stereocenters. The van der Waals surface area contributed by atoms with Crippen molar-refractivity contribution in [1.29, 1.82) is 0 Å². The first-order valence-electron chi connectivity index (χ1n) is 4.48. The Balaban J connectivity index is 3.78. The average molecular weight is 234 g/mol. The summed E-state index contributed by atoms with van der Waals surface area (Å²) >= 11 is 0. The maximum Gasteiger partial charge on any atom is 0.489 e. The molecule has 6 nitrogen and oxygen atoms in total. The van der Waals surface area contributed by atoms with Gasteiger partial charge in [0.05, 0.1) is 0 Å². The molecule has 1 aromatic carbocycles. The summed E-state index contributed by atoms with van der Waals surface area (Å²) < 4.78 is 0. The summed E-state index contributed by atoms with van der Waals surface area (Å²) in [5, 5.41) is 18.0. The Bertz CT molecular complexity index is 494. The number of hydrogen-bond donors (Lipinski definition) is 2. The second-order valence-electron chi connectivity index (χ2n) is 3.14. The number of aldehydes is 4. The Morgan fingerprint density at radius 2 is 1.35 bits per heavy atom.